The minimum Gasteiger partial charge on any atom is -0.493 e. The van der Waals surface area contributed by atoms with Crippen molar-refractivity contribution < 1.29 is 14.3 Å². The summed E-state index contributed by atoms with van der Waals surface area (Å²) in [6, 6.07) is 14.8. The molecule has 6 heteroatoms. The number of hydrazone groups is 1. The summed E-state index contributed by atoms with van der Waals surface area (Å²) in [4.78, 5) is 12.8. The van der Waals surface area contributed by atoms with E-state index in [1.807, 2.05) is 48.5 Å². The number of hydrogen-bond acceptors (Lipinski definition) is 5. The lowest BCUT2D eigenvalue weighted by atomic mass is 10.0. The third-order valence-corrected chi connectivity index (χ3v) is 5.42. The summed E-state index contributed by atoms with van der Waals surface area (Å²) >= 11 is 0. The SMILES string of the molecule is CCCCC(CC)COc1ccc(C=C2C(=O)N(c3ccccc3)N=C2N)cc1OC. The molecule has 0 bridgehead atoms. The monoisotopic (exact) mass is 421 g/mol. The number of nitrogens with zero attached hydrogens (tertiary/aromatic N) is 2. The van der Waals surface area contributed by atoms with Crippen LogP contribution >= 0.6 is 0 Å². The molecule has 3 rings (SSSR count). The van der Waals surface area contributed by atoms with Gasteiger partial charge in [0.1, 0.15) is 0 Å². The van der Waals surface area contributed by atoms with Gasteiger partial charge in [-0.1, -0.05) is 57.4 Å². The molecular formula is C25H31N3O3. The maximum atomic E-state index is 12.8. The molecule has 2 aromatic carbocycles. The summed E-state index contributed by atoms with van der Waals surface area (Å²) < 4.78 is 11.6. The average Bonchev–Trinajstić information content (AvgIpc) is 3.08. The Balaban J connectivity index is 1.76. The van der Waals surface area contributed by atoms with E-state index in [1.165, 1.54) is 17.9 Å². The van der Waals surface area contributed by atoms with Gasteiger partial charge in [-0.15, -0.1) is 5.10 Å². The van der Waals surface area contributed by atoms with Crippen molar-refractivity contribution in [3.05, 3.63) is 59.7 Å². The predicted molar refractivity (Wildman–Crippen MR) is 125 cm³/mol. The molecule has 0 saturated carbocycles. The highest BCUT2D eigenvalue weighted by Gasteiger charge is 2.29. The number of amides is 1. The molecule has 0 saturated heterocycles. The van der Waals surface area contributed by atoms with Gasteiger partial charge in [-0.05, 0) is 48.2 Å². The van der Waals surface area contributed by atoms with E-state index in [0.29, 0.717) is 35.3 Å². The molecule has 1 unspecified atom stereocenters. The van der Waals surface area contributed by atoms with Crippen LogP contribution in [0.15, 0.2) is 59.2 Å². The first kappa shape index (κ1) is 22.4. The summed E-state index contributed by atoms with van der Waals surface area (Å²) in [5, 5.41) is 5.53. The van der Waals surface area contributed by atoms with Crippen molar-refractivity contribution in [2.75, 3.05) is 18.7 Å². The van der Waals surface area contributed by atoms with Crippen LogP contribution in [0.1, 0.15) is 45.1 Å². The summed E-state index contributed by atoms with van der Waals surface area (Å²) in [6.07, 6.45) is 6.38. The molecule has 1 aliphatic heterocycles. The van der Waals surface area contributed by atoms with Crippen LogP contribution in [-0.4, -0.2) is 25.5 Å². The van der Waals surface area contributed by atoms with Crippen LogP contribution in [0.3, 0.4) is 0 Å². The fourth-order valence-corrected chi connectivity index (χ4v) is 3.48. The molecule has 2 aromatic rings. The smallest absolute Gasteiger partial charge is 0.282 e. The Labute approximate surface area is 184 Å². The number of carbonyl (C=O) groups is 1. The Bertz CT molecular complexity index is 954. The first-order valence-electron chi connectivity index (χ1n) is 10.8. The van der Waals surface area contributed by atoms with Gasteiger partial charge in [-0.2, -0.15) is 5.01 Å². The van der Waals surface area contributed by atoms with Crippen LogP contribution in [0.25, 0.3) is 6.08 Å². The second-order valence-corrected chi connectivity index (χ2v) is 7.63. The number of amidine groups is 1. The van der Waals surface area contributed by atoms with Crippen LogP contribution in [0, 0.1) is 5.92 Å². The largest absolute Gasteiger partial charge is 0.493 e. The van der Waals surface area contributed by atoms with Crippen LogP contribution in [0.5, 0.6) is 11.5 Å². The lowest BCUT2D eigenvalue weighted by Crippen LogP contribution is -2.22. The third kappa shape index (κ3) is 5.45. The van der Waals surface area contributed by atoms with Crippen molar-refractivity contribution in [2.45, 2.75) is 39.5 Å². The van der Waals surface area contributed by atoms with Crippen molar-refractivity contribution >= 4 is 23.5 Å². The van der Waals surface area contributed by atoms with Gasteiger partial charge in [0.05, 0.1) is 25.0 Å². The molecule has 0 aliphatic carbocycles. The second-order valence-electron chi connectivity index (χ2n) is 7.63. The summed E-state index contributed by atoms with van der Waals surface area (Å²) in [5.41, 5.74) is 7.86. The topological polar surface area (TPSA) is 77.2 Å². The molecule has 6 nitrogen and oxygen atoms in total. The maximum Gasteiger partial charge on any atom is 0.282 e. The summed E-state index contributed by atoms with van der Waals surface area (Å²) in [5.74, 6) is 1.78. The number of carbonyl (C=O) groups excluding carboxylic acids is 1. The molecule has 0 fully saturated rings. The third-order valence-electron chi connectivity index (χ3n) is 5.42. The molecule has 0 aromatic heterocycles. The molecule has 0 radical (unpaired) electrons. The van der Waals surface area contributed by atoms with E-state index in [9.17, 15) is 4.79 Å². The van der Waals surface area contributed by atoms with Crippen molar-refractivity contribution in [2.24, 2.45) is 16.8 Å². The molecular weight excluding hydrogens is 390 g/mol. The van der Waals surface area contributed by atoms with Gasteiger partial charge in [0, 0.05) is 0 Å². The van der Waals surface area contributed by atoms with E-state index in [2.05, 4.69) is 18.9 Å². The lowest BCUT2D eigenvalue weighted by molar-refractivity contribution is -0.114. The number of rotatable bonds is 10. The van der Waals surface area contributed by atoms with Gasteiger partial charge < -0.3 is 15.2 Å². The van der Waals surface area contributed by atoms with Crippen molar-refractivity contribution in [1.82, 2.24) is 0 Å². The van der Waals surface area contributed by atoms with Crippen LogP contribution in [-0.2, 0) is 4.79 Å². The van der Waals surface area contributed by atoms with Crippen LogP contribution in [0.2, 0.25) is 0 Å². The molecule has 164 valence electrons. The average molecular weight is 422 g/mol. The number of unbranched alkanes of at least 4 members (excludes halogenated alkanes) is 1. The Morgan fingerprint density at radius 2 is 1.90 bits per heavy atom. The van der Waals surface area contributed by atoms with E-state index >= 15 is 0 Å². The Kier molecular flexibility index (Phi) is 7.70. The van der Waals surface area contributed by atoms with E-state index < -0.39 is 0 Å². The molecule has 1 amide bonds. The number of benzene rings is 2. The number of ether oxygens (including phenoxy) is 2. The quantitative estimate of drug-likeness (QED) is 0.548. The molecule has 0 spiro atoms. The number of nitrogens with two attached hydrogens (primary N) is 1. The van der Waals surface area contributed by atoms with E-state index in [4.69, 9.17) is 15.2 Å². The van der Waals surface area contributed by atoms with Gasteiger partial charge in [0.2, 0.25) is 0 Å². The Morgan fingerprint density at radius 1 is 1.13 bits per heavy atom. The predicted octanol–water partition coefficient (Wildman–Crippen LogP) is 4.99. The maximum absolute atomic E-state index is 12.8. The molecule has 2 N–H and O–H groups in total. The van der Waals surface area contributed by atoms with Crippen LogP contribution < -0.4 is 20.2 Å². The van der Waals surface area contributed by atoms with Crippen LogP contribution in [0.4, 0.5) is 5.69 Å². The molecule has 1 atom stereocenters. The van der Waals surface area contributed by atoms with Gasteiger partial charge in [0.15, 0.2) is 17.3 Å². The minimum atomic E-state index is -0.260. The highest BCUT2D eigenvalue weighted by molar-refractivity contribution is 6.31. The Morgan fingerprint density at radius 3 is 2.58 bits per heavy atom. The molecule has 1 aliphatic rings. The fraction of sp³-hybridized carbons (Fsp3) is 0.360. The standard InChI is InChI=1S/C25H31N3O3/c1-4-6-10-18(5-2)17-31-22-14-13-19(16-23(22)30-3)15-21-24(26)27-28(25(21)29)20-11-8-7-9-12-20/h7-9,11-16,18H,4-6,10,17H2,1-3H3,(H2,26,27). The highest BCUT2D eigenvalue weighted by atomic mass is 16.5. The first-order chi connectivity index (χ1) is 15.1. The zero-order chi connectivity index (χ0) is 22.2. The minimum absolute atomic E-state index is 0.190. The molecule has 31 heavy (non-hydrogen) atoms. The number of para-hydroxylation sites is 1. The lowest BCUT2D eigenvalue weighted by Gasteiger charge is -2.17. The number of anilines is 1. The van der Waals surface area contributed by atoms with Gasteiger partial charge in [0.25, 0.3) is 5.91 Å². The van der Waals surface area contributed by atoms with E-state index in [1.54, 1.807) is 13.2 Å². The Hall–Kier alpha value is -3.28. The zero-order valence-electron chi connectivity index (χ0n) is 18.5. The summed E-state index contributed by atoms with van der Waals surface area (Å²) in [6.45, 7) is 5.06. The highest BCUT2D eigenvalue weighted by Crippen LogP contribution is 2.31. The fourth-order valence-electron chi connectivity index (χ4n) is 3.48. The second kappa shape index (κ2) is 10.7. The summed E-state index contributed by atoms with van der Waals surface area (Å²) in [7, 11) is 1.61. The van der Waals surface area contributed by atoms with Crippen molar-refractivity contribution in [3.63, 3.8) is 0 Å². The van der Waals surface area contributed by atoms with Gasteiger partial charge >= 0.3 is 0 Å². The van der Waals surface area contributed by atoms with E-state index in [0.717, 1.165) is 18.4 Å². The van der Waals surface area contributed by atoms with Crippen molar-refractivity contribution in [3.8, 4) is 11.5 Å². The van der Waals surface area contributed by atoms with Crippen molar-refractivity contribution in [1.29, 1.82) is 0 Å². The number of hydrogen-bond donors (Lipinski definition) is 1. The van der Waals surface area contributed by atoms with E-state index in [-0.39, 0.29) is 11.7 Å². The first-order valence-corrected chi connectivity index (χ1v) is 10.8. The molecule has 1 heterocycles. The van der Waals surface area contributed by atoms with Gasteiger partial charge in [-0.25, -0.2) is 0 Å². The number of methoxy groups -OCH3 is 1. The normalized spacial score (nSPS) is 15.8. The zero-order valence-corrected chi connectivity index (χ0v) is 18.5. The van der Waals surface area contributed by atoms with Gasteiger partial charge in [-0.3, -0.25) is 4.79 Å².